The normalized spacial score (nSPS) is 10.0. The average molecular weight is 210 g/mol. The van der Waals surface area contributed by atoms with Crippen molar-refractivity contribution in [2.75, 3.05) is 0 Å². The maximum Gasteiger partial charge on any atom is 0.266 e. The van der Waals surface area contributed by atoms with Crippen LogP contribution in [0.3, 0.4) is 0 Å². The molecule has 3 N–H and O–H groups in total. The fourth-order valence-electron chi connectivity index (χ4n) is 1.15. The summed E-state index contributed by atoms with van der Waals surface area (Å²) in [4.78, 5) is 22.2. The van der Waals surface area contributed by atoms with Crippen molar-refractivity contribution in [3.05, 3.63) is 28.2 Å². The second-order valence-corrected chi connectivity index (χ2v) is 3.27. The summed E-state index contributed by atoms with van der Waals surface area (Å²) in [5.74, 6) is 4.68. The molecule has 0 unspecified atom stereocenters. The predicted molar refractivity (Wildman–Crippen MR) is 54.8 cm³/mol. The van der Waals surface area contributed by atoms with Gasteiger partial charge in [-0.15, -0.1) is 0 Å². The maximum atomic E-state index is 11.4. The van der Waals surface area contributed by atoms with Crippen LogP contribution in [0.1, 0.15) is 18.4 Å². The highest BCUT2D eigenvalue weighted by molar-refractivity contribution is 5.74. The molecular weight excluding hydrogens is 196 g/mol. The average Bonchev–Trinajstić information content (AvgIpc) is 2.21. The van der Waals surface area contributed by atoms with Gasteiger partial charge in [0.15, 0.2) is 0 Å². The third kappa shape index (κ3) is 3.51. The number of nitrogens with zero attached hydrogens (tertiary/aromatic N) is 2. The van der Waals surface area contributed by atoms with Crippen LogP contribution in [0.4, 0.5) is 0 Å². The highest BCUT2D eigenvalue weighted by Gasteiger charge is 2.00. The monoisotopic (exact) mass is 210 g/mol. The smallest absolute Gasteiger partial charge is 0.266 e. The molecule has 0 aliphatic rings. The summed E-state index contributed by atoms with van der Waals surface area (Å²) in [5, 5.41) is 3.94. The zero-order chi connectivity index (χ0) is 11.3. The van der Waals surface area contributed by atoms with Gasteiger partial charge in [0.05, 0.1) is 6.20 Å². The van der Waals surface area contributed by atoms with Crippen LogP contribution in [0.15, 0.2) is 17.1 Å². The molecule has 1 aromatic heterocycles. The van der Waals surface area contributed by atoms with Gasteiger partial charge in [-0.3, -0.25) is 15.0 Å². The molecule has 1 amide bonds. The van der Waals surface area contributed by atoms with Crippen LogP contribution in [0.25, 0.3) is 0 Å². The molecule has 0 saturated carbocycles. The Morgan fingerprint density at radius 2 is 2.40 bits per heavy atom. The molecule has 1 heterocycles. The second-order valence-electron chi connectivity index (χ2n) is 3.27. The van der Waals surface area contributed by atoms with Crippen molar-refractivity contribution >= 4 is 5.91 Å². The number of hydrogen-bond acceptors (Lipinski definition) is 4. The summed E-state index contributed by atoms with van der Waals surface area (Å²) in [6.07, 6.45) is 2.45. The minimum Gasteiger partial charge on any atom is -0.294 e. The third-order valence-corrected chi connectivity index (χ3v) is 1.94. The number of rotatable bonds is 4. The van der Waals surface area contributed by atoms with Crippen molar-refractivity contribution in [2.45, 2.75) is 26.3 Å². The van der Waals surface area contributed by atoms with E-state index >= 15 is 0 Å². The molecule has 82 valence electrons. The van der Waals surface area contributed by atoms with Crippen LogP contribution in [-0.4, -0.2) is 15.7 Å². The van der Waals surface area contributed by atoms with Gasteiger partial charge >= 0.3 is 0 Å². The van der Waals surface area contributed by atoms with Crippen molar-refractivity contribution in [2.24, 2.45) is 5.84 Å². The molecule has 0 saturated heterocycles. The largest absolute Gasteiger partial charge is 0.294 e. The van der Waals surface area contributed by atoms with E-state index in [1.807, 2.05) is 5.43 Å². The molecule has 0 aromatic carbocycles. The van der Waals surface area contributed by atoms with E-state index in [-0.39, 0.29) is 11.5 Å². The molecule has 0 aliphatic carbocycles. The predicted octanol–water partition coefficient (Wildman–Crippen LogP) is -0.678. The Morgan fingerprint density at radius 3 is 3.00 bits per heavy atom. The van der Waals surface area contributed by atoms with Gasteiger partial charge in [0, 0.05) is 19.0 Å². The fraction of sp³-hybridized carbons (Fsp3) is 0.444. The van der Waals surface area contributed by atoms with Gasteiger partial charge in [0.1, 0.15) is 0 Å². The number of nitrogens with two attached hydrogens (primary N) is 1. The number of carbonyl (C=O) groups is 1. The summed E-state index contributed by atoms with van der Waals surface area (Å²) < 4.78 is 1.33. The molecule has 0 bridgehead atoms. The Hall–Kier alpha value is -1.69. The summed E-state index contributed by atoms with van der Waals surface area (Å²) in [6, 6.07) is 1.51. The van der Waals surface area contributed by atoms with Crippen molar-refractivity contribution in [1.29, 1.82) is 0 Å². The first-order valence-electron chi connectivity index (χ1n) is 4.66. The van der Waals surface area contributed by atoms with Crippen LogP contribution in [-0.2, 0) is 11.3 Å². The SMILES string of the molecule is Cc1cnn(CCCC(=O)NN)c(=O)c1. The number of aromatic nitrogens is 2. The molecule has 6 heteroatoms. The Balaban J connectivity index is 2.51. The number of hydrogen-bond donors (Lipinski definition) is 2. The van der Waals surface area contributed by atoms with E-state index in [1.54, 1.807) is 13.1 Å². The lowest BCUT2D eigenvalue weighted by molar-refractivity contribution is -0.121. The van der Waals surface area contributed by atoms with E-state index in [4.69, 9.17) is 5.84 Å². The third-order valence-electron chi connectivity index (χ3n) is 1.94. The van der Waals surface area contributed by atoms with E-state index in [0.29, 0.717) is 19.4 Å². The molecule has 0 aliphatic heterocycles. The molecule has 1 aromatic rings. The number of amides is 1. The van der Waals surface area contributed by atoms with Crippen molar-refractivity contribution in [3.8, 4) is 0 Å². The first-order valence-corrected chi connectivity index (χ1v) is 4.66. The zero-order valence-corrected chi connectivity index (χ0v) is 8.56. The summed E-state index contributed by atoms with van der Waals surface area (Å²) in [6.45, 7) is 2.23. The Bertz CT molecular complexity index is 399. The fourth-order valence-corrected chi connectivity index (χ4v) is 1.15. The highest BCUT2D eigenvalue weighted by atomic mass is 16.2. The van der Waals surface area contributed by atoms with Crippen molar-refractivity contribution in [3.63, 3.8) is 0 Å². The Morgan fingerprint density at radius 1 is 1.67 bits per heavy atom. The number of carbonyl (C=O) groups excluding carboxylic acids is 1. The van der Waals surface area contributed by atoms with E-state index in [2.05, 4.69) is 5.10 Å². The molecule has 0 fully saturated rings. The minimum atomic E-state index is -0.241. The van der Waals surface area contributed by atoms with Gasteiger partial charge in [-0.25, -0.2) is 10.5 Å². The van der Waals surface area contributed by atoms with Crippen molar-refractivity contribution < 1.29 is 4.79 Å². The quantitative estimate of drug-likeness (QED) is 0.391. The first kappa shape index (κ1) is 11.4. The Kier molecular flexibility index (Phi) is 3.99. The minimum absolute atomic E-state index is 0.150. The molecule has 0 radical (unpaired) electrons. The van der Waals surface area contributed by atoms with E-state index < -0.39 is 0 Å². The second kappa shape index (κ2) is 5.26. The number of hydrazine groups is 1. The Labute approximate surface area is 87.1 Å². The molecule has 15 heavy (non-hydrogen) atoms. The molecule has 6 nitrogen and oxygen atoms in total. The first-order chi connectivity index (χ1) is 7.13. The van der Waals surface area contributed by atoms with Crippen LogP contribution >= 0.6 is 0 Å². The lowest BCUT2D eigenvalue weighted by Gasteiger charge is -2.03. The number of aryl methyl sites for hydroxylation is 2. The lowest BCUT2D eigenvalue weighted by Crippen LogP contribution is -2.30. The molecule has 1 rings (SSSR count). The number of nitrogens with one attached hydrogen (secondary N) is 1. The summed E-state index contributed by atoms with van der Waals surface area (Å²) in [7, 11) is 0. The van der Waals surface area contributed by atoms with Gasteiger partial charge in [0.2, 0.25) is 5.91 Å². The van der Waals surface area contributed by atoms with Crippen LogP contribution in [0.5, 0.6) is 0 Å². The van der Waals surface area contributed by atoms with Crippen LogP contribution < -0.4 is 16.8 Å². The molecular formula is C9H14N4O2. The maximum absolute atomic E-state index is 11.4. The van der Waals surface area contributed by atoms with Gasteiger partial charge in [0.25, 0.3) is 5.56 Å². The summed E-state index contributed by atoms with van der Waals surface area (Å²) >= 11 is 0. The van der Waals surface area contributed by atoms with Crippen LogP contribution in [0, 0.1) is 6.92 Å². The zero-order valence-electron chi connectivity index (χ0n) is 8.56. The molecule has 0 spiro atoms. The van der Waals surface area contributed by atoms with E-state index in [1.165, 1.54) is 10.7 Å². The molecule has 0 atom stereocenters. The van der Waals surface area contributed by atoms with Crippen LogP contribution in [0.2, 0.25) is 0 Å². The van der Waals surface area contributed by atoms with Gasteiger partial charge in [-0.2, -0.15) is 5.10 Å². The highest BCUT2D eigenvalue weighted by Crippen LogP contribution is 1.92. The van der Waals surface area contributed by atoms with Gasteiger partial charge in [-0.1, -0.05) is 0 Å². The van der Waals surface area contributed by atoms with E-state index in [9.17, 15) is 9.59 Å². The standard InChI is InChI=1S/C9H14N4O2/c1-7-5-9(15)13(11-6-7)4-2-3-8(14)12-10/h5-6H,2-4,10H2,1H3,(H,12,14). The summed E-state index contributed by atoms with van der Waals surface area (Å²) in [5.41, 5.74) is 2.71. The van der Waals surface area contributed by atoms with Gasteiger partial charge in [-0.05, 0) is 18.9 Å². The van der Waals surface area contributed by atoms with Crippen molar-refractivity contribution in [1.82, 2.24) is 15.2 Å². The lowest BCUT2D eigenvalue weighted by atomic mass is 10.3. The van der Waals surface area contributed by atoms with Gasteiger partial charge < -0.3 is 0 Å². The van der Waals surface area contributed by atoms with E-state index in [0.717, 1.165) is 5.56 Å². The topological polar surface area (TPSA) is 90.0 Å².